The molecular weight excluding hydrogens is 240 g/mol. The molecule has 0 spiro atoms. The van der Waals surface area contributed by atoms with Gasteiger partial charge in [-0.2, -0.15) is 8.42 Å². The van der Waals surface area contributed by atoms with Crippen LogP contribution < -0.4 is 0 Å². The molecule has 1 aliphatic rings. The van der Waals surface area contributed by atoms with Crippen molar-refractivity contribution in [3.63, 3.8) is 0 Å². The fourth-order valence-corrected chi connectivity index (χ4v) is 2.70. The highest BCUT2D eigenvalue weighted by atomic mass is 32.2. The Bertz CT molecular complexity index is 481. The Morgan fingerprint density at radius 3 is 2.88 bits per heavy atom. The SMILES string of the molecule is O=S(=O)(O)CCC[C@@H]1OCCc2ccccc21. The van der Waals surface area contributed by atoms with Crippen LogP contribution in [-0.2, 0) is 21.3 Å². The molecule has 1 aromatic rings. The third-order valence-electron chi connectivity index (χ3n) is 2.96. The van der Waals surface area contributed by atoms with Gasteiger partial charge in [0.1, 0.15) is 0 Å². The summed E-state index contributed by atoms with van der Waals surface area (Å²) in [6.45, 7) is 0.674. The fraction of sp³-hybridized carbons (Fsp3) is 0.500. The van der Waals surface area contributed by atoms with E-state index in [9.17, 15) is 8.42 Å². The Labute approximate surface area is 101 Å². The highest BCUT2D eigenvalue weighted by Crippen LogP contribution is 2.30. The summed E-state index contributed by atoms with van der Waals surface area (Å²) < 4.78 is 35.6. The molecule has 0 aliphatic carbocycles. The van der Waals surface area contributed by atoms with Gasteiger partial charge in [-0.15, -0.1) is 0 Å². The first-order valence-electron chi connectivity index (χ1n) is 5.71. The molecule has 0 bridgehead atoms. The smallest absolute Gasteiger partial charge is 0.264 e. The van der Waals surface area contributed by atoms with E-state index in [0.29, 0.717) is 19.4 Å². The standard InChI is InChI=1S/C12H16O4S/c13-17(14,15)9-3-6-12-11-5-2-1-4-10(11)7-8-16-12/h1-2,4-5,12H,3,6-9H2,(H,13,14,15)/t12-/m0/s1. The molecule has 1 aliphatic heterocycles. The van der Waals surface area contributed by atoms with Crippen molar-refractivity contribution in [1.29, 1.82) is 0 Å². The number of fused-ring (bicyclic) bond motifs is 1. The lowest BCUT2D eigenvalue weighted by molar-refractivity contribution is 0.0362. The van der Waals surface area contributed by atoms with Gasteiger partial charge in [0.2, 0.25) is 0 Å². The van der Waals surface area contributed by atoms with Gasteiger partial charge >= 0.3 is 0 Å². The van der Waals surface area contributed by atoms with E-state index in [1.54, 1.807) is 0 Å². The number of hydrogen-bond acceptors (Lipinski definition) is 3. The lowest BCUT2D eigenvalue weighted by atomic mass is 9.95. The zero-order valence-electron chi connectivity index (χ0n) is 9.50. The van der Waals surface area contributed by atoms with E-state index in [1.165, 1.54) is 5.56 Å². The van der Waals surface area contributed by atoms with E-state index >= 15 is 0 Å². The summed E-state index contributed by atoms with van der Waals surface area (Å²) >= 11 is 0. The molecule has 1 N–H and O–H groups in total. The van der Waals surface area contributed by atoms with Crippen LogP contribution >= 0.6 is 0 Å². The summed E-state index contributed by atoms with van der Waals surface area (Å²) in [5.74, 6) is -0.199. The van der Waals surface area contributed by atoms with Crippen molar-refractivity contribution in [1.82, 2.24) is 0 Å². The van der Waals surface area contributed by atoms with Crippen LogP contribution in [0.25, 0.3) is 0 Å². The highest BCUT2D eigenvalue weighted by molar-refractivity contribution is 7.85. The summed E-state index contributed by atoms with van der Waals surface area (Å²) in [6, 6.07) is 8.06. The molecule has 0 saturated heterocycles. The van der Waals surface area contributed by atoms with Crippen LogP contribution in [0.1, 0.15) is 30.1 Å². The van der Waals surface area contributed by atoms with Gasteiger partial charge in [0.25, 0.3) is 10.1 Å². The van der Waals surface area contributed by atoms with Crippen LogP contribution in [0.4, 0.5) is 0 Å². The number of benzene rings is 1. The van der Waals surface area contributed by atoms with E-state index in [4.69, 9.17) is 9.29 Å². The summed E-state index contributed by atoms with van der Waals surface area (Å²) in [6.07, 6.45) is 1.90. The van der Waals surface area contributed by atoms with Crippen molar-refractivity contribution in [2.75, 3.05) is 12.4 Å². The Balaban J connectivity index is 1.99. The second kappa shape index (κ2) is 5.16. The van der Waals surface area contributed by atoms with Crippen molar-refractivity contribution in [3.8, 4) is 0 Å². The van der Waals surface area contributed by atoms with E-state index in [0.717, 1.165) is 12.0 Å². The lowest BCUT2D eigenvalue weighted by Gasteiger charge is -2.25. The third-order valence-corrected chi connectivity index (χ3v) is 3.77. The third kappa shape index (κ3) is 3.52. The Kier molecular flexibility index (Phi) is 3.81. The molecule has 0 aromatic heterocycles. The first-order chi connectivity index (χ1) is 8.06. The van der Waals surface area contributed by atoms with Crippen molar-refractivity contribution >= 4 is 10.1 Å². The Morgan fingerprint density at radius 1 is 1.35 bits per heavy atom. The molecule has 0 amide bonds. The molecule has 4 nitrogen and oxygen atoms in total. The molecule has 0 fully saturated rings. The van der Waals surface area contributed by atoms with Gasteiger partial charge in [0.15, 0.2) is 0 Å². The Morgan fingerprint density at radius 2 is 2.12 bits per heavy atom. The number of hydrogen-bond donors (Lipinski definition) is 1. The minimum atomic E-state index is -3.86. The van der Waals surface area contributed by atoms with Crippen molar-refractivity contribution in [3.05, 3.63) is 35.4 Å². The van der Waals surface area contributed by atoms with Crippen LogP contribution in [0.5, 0.6) is 0 Å². The molecular formula is C12H16O4S. The molecule has 2 rings (SSSR count). The van der Waals surface area contributed by atoms with E-state index < -0.39 is 10.1 Å². The zero-order chi connectivity index (χ0) is 12.3. The largest absolute Gasteiger partial charge is 0.373 e. The van der Waals surface area contributed by atoms with E-state index in [-0.39, 0.29) is 11.9 Å². The van der Waals surface area contributed by atoms with Gasteiger partial charge in [-0.1, -0.05) is 24.3 Å². The number of rotatable bonds is 4. The van der Waals surface area contributed by atoms with Crippen LogP contribution in [0.2, 0.25) is 0 Å². The molecule has 1 heterocycles. The van der Waals surface area contributed by atoms with Gasteiger partial charge in [-0.3, -0.25) is 4.55 Å². The molecule has 0 radical (unpaired) electrons. The zero-order valence-corrected chi connectivity index (χ0v) is 10.3. The molecule has 5 heteroatoms. The maximum absolute atomic E-state index is 10.6. The van der Waals surface area contributed by atoms with Gasteiger partial charge in [-0.25, -0.2) is 0 Å². The quantitative estimate of drug-likeness (QED) is 0.836. The first kappa shape index (κ1) is 12.5. The normalized spacial score (nSPS) is 19.9. The summed E-state index contributed by atoms with van der Waals surface area (Å²) in [5.41, 5.74) is 2.42. The Hall–Kier alpha value is -0.910. The van der Waals surface area contributed by atoms with Gasteiger partial charge in [-0.05, 0) is 30.4 Å². The second-order valence-electron chi connectivity index (χ2n) is 4.24. The minimum absolute atomic E-state index is 0.0401. The molecule has 1 atom stereocenters. The van der Waals surface area contributed by atoms with Crippen molar-refractivity contribution in [2.24, 2.45) is 0 Å². The average Bonchev–Trinajstić information content (AvgIpc) is 2.28. The summed E-state index contributed by atoms with van der Waals surface area (Å²) in [7, 11) is -3.86. The van der Waals surface area contributed by atoms with Crippen molar-refractivity contribution in [2.45, 2.75) is 25.4 Å². The fourth-order valence-electron chi connectivity index (χ4n) is 2.17. The van der Waals surface area contributed by atoms with Crippen molar-refractivity contribution < 1.29 is 17.7 Å². The van der Waals surface area contributed by atoms with Crippen LogP contribution in [-0.4, -0.2) is 25.3 Å². The molecule has 1 aromatic carbocycles. The van der Waals surface area contributed by atoms with E-state index in [1.807, 2.05) is 18.2 Å². The maximum atomic E-state index is 10.6. The highest BCUT2D eigenvalue weighted by Gasteiger charge is 2.20. The predicted octanol–water partition coefficient (Wildman–Crippen LogP) is 1.97. The predicted molar refractivity (Wildman–Crippen MR) is 64.5 cm³/mol. The molecule has 0 unspecified atom stereocenters. The molecule has 94 valence electrons. The van der Waals surface area contributed by atoms with Gasteiger partial charge in [0, 0.05) is 0 Å². The molecule has 17 heavy (non-hydrogen) atoms. The maximum Gasteiger partial charge on any atom is 0.264 e. The van der Waals surface area contributed by atoms with E-state index in [2.05, 4.69) is 6.07 Å². The van der Waals surface area contributed by atoms with Gasteiger partial charge < -0.3 is 4.74 Å². The number of ether oxygens (including phenoxy) is 1. The minimum Gasteiger partial charge on any atom is -0.373 e. The monoisotopic (exact) mass is 256 g/mol. The van der Waals surface area contributed by atoms with Crippen LogP contribution in [0.15, 0.2) is 24.3 Å². The second-order valence-corrected chi connectivity index (χ2v) is 5.81. The molecule has 0 saturated carbocycles. The topological polar surface area (TPSA) is 63.6 Å². The first-order valence-corrected chi connectivity index (χ1v) is 7.32. The van der Waals surface area contributed by atoms with Crippen LogP contribution in [0.3, 0.4) is 0 Å². The van der Waals surface area contributed by atoms with Crippen LogP contribution in [0, 0.1) is 0 Å². The average molecular weight is 256 g/mol. The summed E-state index contributed by atoms with van der Waals surface area (Å²) in [4.78, 5) is 0. The summed E-state index contributed by atoms with van der Waals surface area (Å²) in [5, 5.41) is 0. The lowest BCUT2D eigenvalue weighted by Crippen LogP contribution is -2.17. The van der Waals surface area contributed by atoms with Gasteiger partial charge in [0.05, 0.1) is 18.5 Å².